The molecule has 26 heavy (non-hydrogen) atoms. The number of nitrogens with one attached hydrogen (secondary N) is 1. The Morgan fingerprint density at radius 1 is 1.23 bits per heavy atom. The zero-order chi connectivity index (χ0) is 18.7. The molecular formula is C17H18BrN3O4S. The predicted molar refractivity (Wildman–Crippen MR) is 101 cm³/mol. The SMILES string of the molecule is COc1ccc(NC(=O)c2cc(S(=O)(=O)N3CCCC3)ccc2Br)cn1. The third kappa shape index (κ3) is 3.89. The maximum atomic E-state index is 12.7. The highest BCUT2D eigenvalue weighted by molar-refractivity contribution is 9.10. The van der Waals surface area contributed by atoms with Gasteiger partial charge in [-0.05, 0) is 53.0 Å². The molecule has 1 aromatic heterocycles. The number of sulfonamides is 1. The second-order valence-electron chi connectivity index (χ2n) is 5.80. The summed E-state index contributed by atoms with van der Waals surface area (Å²) in [6, 6.07) is 7.75. The molecule has 3 rings (SSSR count). The first-order chi connectivity index (χ1) is 12.4. The number of carbonyl (C=O) groups excluding carboxylic acids is 1. The van der Waals surface area contributed by atoms with Gasteiger partial charge in [0.2, 0.25) is 15.9 Å². The van der Waals surface area contributed by atoms with Crippen LogP contribution in [-0.4, -0.2) is 43.8 Å². The van der Waals surface area contributed by atoms with Crippen LogP contribution in [0, 0.1) is 0 Å². The van der Waals surface area contributed by atoms with Crippen LogP contribution in [0.5, 0.6) is 5.88 Å². The fraction of sp³-hybridized carbons (Fsp3) is 0.294. The van der Waals surface area contributed by atoms with Gasteiger partial charge in [0.25, 0.3) is 5.91 Å². The lowest BCUT2D eigenvalue weighted by Gasteiger charge is -2.16. The summed E-state index contributed by atoms with van der Waals surface area (Å²) in [7, 11) is -2.09. The molecule has 9 heteroatoms. The quantitative estimate of drug-likeness (QED) is 0.773. The first-order valence-electron chi connectivity index (χ1n) is 8.03. The van der Waals surface area contributed by atoms with E-state index in [0.717, 1.165) is 12.8 Å². The number of rotatable bonds is 5. The second kappa shape index (κ2) is 7.73. The number of hydrogen-bond donors (Lipinski definition) is 1. The van der Waals surface area contributed by atoms with E-state index >= 15 is 0 Å². The standard InChI is InChI=1S/C17H18BrN3O4S/c1-25-16-7-4-12(11-19-16)20-17(22)14-10-13(5-6-15(14)18)26(23,24)21-8-2-3-9-21/h4-7,10-11H,2-3,8-9H2,1H3,(H,20,22). The van der Waals surface area contributed by atoms with Crippen molar-refractivity contribution in [3.05, 3.63) is 46.6 Å². The summed E-state index contributed by atoms with van der Waals surface area (Å²) in [6.45, 7) is 1.02. The highest BCUT2D eigenvalue weighted by Gasteiger charge is 2.28. The van der Waals surface area contributed by atoms with Gasteiger partial charge in [-0.2, -0.15) is 4.31 Å². The minimum atomic E-state index is -3.59. The van der Waals surface area contributed by atoms with E-state index in [9.17, 15) is 13.2 Å². The third-order valence-electron chi connectivity index (χ3n) is 4.09. The van der Waals surface area contributed by atoms with Gasteiger partial charge in [-0.1, -0.05) is 0 Å². The summed E-state index contributed by atoms with van der Waals surface area (Å²) >= 11 is 3.31. The van der Waals surface area contributed by atoms with Crippen LogP contribution in [0.4, 0.5) is 5.69 Å². The van der Waals surface area contributed by atoms with Crippen LogP contribution in [0.25, 0.3) is 0 Å². The van der Waals surface area contributed by atoms with E-state index in [1.165, 1.54) is 29.7 Å². The van der Waals surface area contributed by atoms with Gasteiger partial charge in [-0.25, -0.2) is 13.4 Å². The second-order valence-corrected chi connectivity index (χ2v) is 8.59. The maximum absolute atomic E-state index is 12.7. The molecule has 1 aliphatic heterocycles. The fourth-order valence-electron chi connectivity index (χ4n) is 2.69. The molecule has 7 nitrogen and oxygen atoms in total. The molecule has 1 amide bonds. The third-order valence-corrected chi connectivity index (χ3v) is 6.67. The summed E-state index contributed by atoms with van der Waals surface area (Å²) in [5, 5.41) is 2.70. The van der Waals surface area contributed by atoms with Gasteiger partial charge in [-0.3, -0.25) is 4.79 Å². The van der Waals surface area contributed by atoms with Gasteiger partial charge < -0.3 is 10.1 Å². The van der Waals surface area contributed by atoms with Crippen molar-refractivity contribution in [2.75, 3.05) is 25.5 Å². The summed E-state index contributed by atoms with van der Waals surface area (Å²) in [5.41, 5.74) is 0.719. The number of hydrogen-bond acceptors (Lipinski definition) is 5. The van der Waals surface area contributed by atoms with Crippen LogP contribution >= 0.6 is 15.9 Å². The van der Waals surface area contributed by atoms with Gasteiger partial charge >= 0.3 is 0 Å². The summed E-state index contributed by atoms with van der Waals surface area (Å²) in [6.07, 6.45) is 3.18. The molecule has 1 N–H and O–H groups in total. The van der Waals surface area contributed by atoms with Crippen LogP contribution in [0.2, 0.25) is 0 Å². The van der Waals surface area contributed by atoms with Crippen LogP contribution in [-0.2, 0) is 10.0 Å². The van der Waals surface area contributed by atoms with E-state index in [0.29, 0.717) is 29.1 Å². The molecule has 0 bridgehead atoms. The van der Waals surface area contributed by atoms with Crippen molar-refractivity contribution in [1.29, 1.82) is 0 Å². The number of methoxy groups -OCH3 is 1. The lowest BCUT2D eigenvalue weighted by Crippen LogP contribution is -2.28. The van der Waals surface area contributed by atoms with E-state index in [1.807, 2.05) is 0 Å². The Morgan fingerprint density at radius 3 is 2.58 bits per heavy atom. The summed E-state index contributed by atoms with van der Waals surface area (Å²) < 4.78 is 32.3. The van der Waals surface area contributed by atoms with Crippen LogP contribution < -0.4 is 10.1 Å². The van der Waals surface area contributed by atoms with E-state index in [2.05, 4.69) is 26.2 Å². The van der Waals surface area contributed by atoms with Gasteiger partial charge in [-0.15, -0.1) is 0 Å². The van der Waals surface area contributed by atoms with Crippen molar-refractivity contribution in [2.24, 2.45) is 0 Å². The van der Waals surface area contributed by atoms with Crippen LogP contribution in [0.3, 0.4) is 0 Å². The molecule has 1 fully saturated rings. The van der Waals surface area contributed by atoms with Crippen molar-refractivity contribution < 1.29 is 17.9 Å². The van der Waals surface area contributed by atoms with Gasteiger partial charge in [0.15, 0.2) is 0 Å². The number of benzene rings is 1. The first kappa shape index (κ1) is 18.8. The van der Waals surface area contributed by atoms with Crippen molar-refractivity contribution in [1.82, 2.24) is 9.29 Å². The van der Waals surface area contributed by atoms with Crippen molar-refractivity contribution in [3.8, 4) is 5.88 Å². The number of pyridine rings is 1. The van der Waals surface area contributed by atoms with Crippen molar-refractivity contribution in [2.45, 2.75) is 17.7 Å². The molecule has 0 unspecified atom stereocenters. The lowest BCUT2D eigenvalue weighted by atomic mass is 10.2. The minimum Gasteiger partial charge on any atom is -0.481 e. The Balaban J connectivity index is 1.85. The zero-order valence-corrected chi connectivity index (χ0v) is 16.5. The van der Waals surface area contributed by atoms with Gasteiger partial charge in [0, 0.05) is 23.6 Å². The van der Waals surface area contributed by atoms with Crippen LogP contribution in [0.15, 0.2) is 45.9 Å². The van der Waals surface area contributed by atoms with E-state index in [4.69, 9.17) is 4.74 Å². The topological polar surface area (TPSA) is 88.6 Å². The maximum Gasteiger partial charge on any atom is 0.256 e. The average Bonchev–Trinajstić information content (AvgIpc) is 3.18. The largest absolute Gasteiger partial charge is 0.481 e. The molecule has 1 aromatic carbocycles. The monoisotopic (exact) mass is 439 g/mol. The minimum absolute atomic E-state index is 0.112. The van der Waals surface area contributed by atoms with Crippen LogP contribution in [0.1, 0.15) is 23.2 Å². The molecular weight excluding hydrogens is 422 g/mol. The molecule has 0 aliphatic carbocycles. The smallest absolute Gasteiger partial charge is 0.256 e. The number of nitrogens with zero attached hydrogens (tertiary/aromatic N) is 2. The summed E-state index contributed by atoms with van der Waals surface area (Å²) in [5.74, 6) is 0.00481. The molecule has 0 saturated carbocycles. The predicted octanol–water partition coefficient (Wildman–Crippen LogP) is 2.89. The number of aromatic nitrogens is 1. The Kier molecular flexibility index (Phi) is 5.59. The molecule has 1 saturated heterocycles. The molecule has 2 heterocycles. The average molecular weight is 440 g/mol. The fourth-order valence-corrected chi connectivity index (χ4v) is 4.66. The Morgan fingerprint density at radius 2 is 1.96 bits per heavy atom. The highest BCUT2D eigenvalue weighted by atomic mass is 79.9. The molecule has 0 radical (unpaired) electrons. The first-order valence-corrected chi connectivity index (χ1v) is 10.3. The van der Waals surface area contributed by atoms with E-state index in [1.54, 1.807) is 18.2 Å². The molecule has 0 atom stereocenters. The van der Waals surface area contributed by atoms with E-state index in [-0.39, 0.29) is 10.5 Å². The molecule has 2 aromatic rings. The molecule has 1 aliphatic rings. The van der Waals surface area contributed by atoms with E-state index < -0.39 is 15.9 Å². The lowest BCUT2D eigenvalue weighted by molar-refractivity contribution is 0.102. The molecule has 0 spiro atoms. The normalized spacial score (nSPS) is 15.0. The van der Waals surface area contributed by atoms with Gasteiger partial charge in [0.1, 0.15) is 0 Å². The number of ether oxygens (including phenoxy) is 1. The number of amides is 1. The number of anilines is 1. The number of carbonyl (C=O) groups is 1. The highest BCUT2D eigenvalue weighted by Crippen LogP contribution is 2.26. The Labute approximate surface area is 160 Å². The molecule has 138 valence electrons. The zero-order valence-electron chi connectivity index (χ0n) is 14.1. The van der Waals surface area contributed by atoms with Gasteiger partial charge in [0.05, 0.1) is 29.5 Å². The van der Waals surface area contributed by atoms with Crippen molar-refractivity contribution >= 4 is 37.5 Å². The van der Waals surface area contributed by atoms with Crippen molar-refractivity contribution in [3.63, 3.8) is 0 Å². The summed E-state index contributed by atoms with van der Waals surface area (Å²) in [4.78, 5) is 16.7. The number of halogens is 1. The Hall–Kier alpha value is -1.97. The Bertz CT molecular complexity index is 910.